The van der Waals surface area contributed by atoms with Gasteiger partial charge in [-0.1, -0.05) is 99.8 Å². The molecule has 0 fully saturated rings. The number of hydrogen-bond acceptors (Lipinski definition) is 0. The Hall–Kier alpha value is -1.94. The largest absolute Gasteiger partial charge is 2.00 e. The minimum Gasteiger partial charge on any atom is -0.269 e. The van der Waals surface area contributed by atoms with E-state index in [-0.39, 0.29) is 34.1 Å². The summed E-state index contributed by atoms with van der Waals surface area (Å²) in [5.41, 5.74) is 5.74. The van der Waals surface area contributed by atoms with Gasteiger partial charge in [-0.05, 0) is 37.3 Å². The molecule has 0 heterocycles. The van der Waals surface area contributed by atoms with Gasteiger partial charge in [0.25, 0.3) is 0 Å². The third-order valence-electron chi connectivity index (χ3n) is 6.50. The van der Waals surface area contributed by atoms with Gasteiger partial charge in [0, 0.05) is 0 Å². The second-order valence-electron chi connectivity index (χ2n) is 9.55. The Bertz CT molecular complexity index is 1140. The van der Waals surface area contributed by atoms with Gasteiger partial charge < -0.3 is 0 Å². The molecule has 0 aliphatic heterocycles. The zero-order valence-corrected chi connectivity index (χ0v) is 26.4. The molecule has 0 N–H and O–H groups in total. The molecule has 1 aliphatic carbocycles. The Balaban J connectivity index is 0.000000195. The molecule has 190 valence electrons. The molecule has 0 radical (unpaired) electrons. The molecule has 5 rings (SSSR count). The summed E-state index contributed by atoms with van der Waals surface area (Å²) in [6, 6.07) is 34.4. The van der Waals surface area contributed by atoms with Crippen molar-refractivity contribution in [2.45, 2.75) is 52.4 Å². The quantitative estimate of drug-likeness (QED) is 0.150. The molecule has 0 saturated heterocycles. The number of benzene rings is 3. The number of unbranched alkanes of at least 4 members (excludes halogenated alkanes) is 1. The minimum absolute atomic E-state index is 0. The predicted octanol–water partition coefficient (Wildman–Crippen LogP) is 9.65. The molecule has 37 heavy (non-hydrogen) atoms. The van der Waals surface area contributed by atoms with E-state index in [0.717, 1.165) is 19.3 Å². The first-order valence-electron chi connectivity index (χ1n) is 13.2. The molecule has 1 aliphatic rings. The van der Waals surface area contributed by atoms with E-state index in [0.29, 0.717) is 0 Å². The van der Waals surface area contributed by atoms with Crippen LogP contribution in [-0.4, -0.2) is 13.3 Å². The van der Waals surface area contributed by atoms with Crippen LogP contribution in [0.5, 0.6) is 0 Å². The van der Waals surface area contributed by atoms with Crippen molar-refractivity contribution in [2.24, 2.45) is 0 Å². The van der Waals surface area contributed by atoms with Gasteiger partial charge in [-0.25, -0.2) is 5.57 Å². The normalized spacial score (nSPS) is 12.0. The number of hydrogen-bond donors (Lipinski definition) is 0. The molecule has 0 nitrogen and oxygen atoms in total. The molecular formula is C35H41PZr. The number of allylic oxidation sites excluding steroid dienone is 4. The standard InChI is InChI=1S/C14H14.C11H12P.C10H15.Zr/c1-3-7-13(8-4-1)11-12-14-9-5-2-6-10-14;1-12(2)11-7-9-5-3-4-6-10(9)8-11;1-3-4-7-10-8-5-6-9(10)2;/h1-10H,11-12H2;3-8H,1-2H3;8H,3-5,7H2,1-2H3;/q;2*-1;+2. The van der Waals surface area contributed by atoms with E-state index in [9.17, 15) is 0 Å². The maximum Gasteiger partial charge on any atom is 2.00 e. The van der Waals surface area contributed by atoms with E-state index < -0.39 is 0 Å². The van der Waals surface area contributed by atoms with Crippen molar-refractivity contribution >= 4 is 24.0 Å². The zero-order chi connectivity index (χ0) is 25.6. The fraction of sp³-hybridized carbons (Fsp3) is 0.286. The molecule has 0 bridgehead atoms. The predicted molar refractivity (Wildman–Crippen MR) is 163 cm³/mol. The van der Waals surface area contributed by atoms with E-state index in [1.165, 1.54) is 57.6 Å². The van der Waals surface area contributed by atoms with Crippen LogP contribution in [0.25, 0.3) is 10.8 Å². The Morgan fingerprint density at radius 1 is 0.784 bits per heavy atom. The fourth-order valence-electron chi connectivity index (χ4n) is 4.22. The van der Waals surface area contributed by atoms with Gasteiger partial charge in [-0.2, -0.15) is 17.7 Å². The maximum atomic E-state index is 3.30. The minimum atomic E-state index is 0. The van der Waals surface area contributed by atoms with Crippen LogP contribution >= 0.6 is 7.92 Å². The summed E-state index contributed by atoms with van der Waals surface area (Å²) in [6.45, 7) is 8.99. The number of fused-ring (bicyclic) bond motifs is 1. The summed E-state index contributed by atoms with van der Waals surface area (Å²) >= 11 is 0. The summed E-state index contributed by atoms with van der Waals surface area (Å²) in [4.78, 5) is 0. The first-order valence-corrected chi connectivity index (χ1v) is 15.5. The third-order valence-corrected chi connectivity index (χ3v) is 7.80. The van der Waals surface area contributed by atoms with Gasteiger partial charge in [0.1, 0.15) is 0 Å². The number of aryl methyl sites for hydroxylation is 2. The molecular weight excluding hydrogens is 543 g/mol. The molecule has 0 atom stereocenters. The zero-order valence-electron chi connectivity index (χ0n) is 23.0. The fourth-order valence-corrected chi connectivity index (χ4v) is 5.02. The van der Waals surface area contributed by atoms with Gasteiger partial charge in [-0.3, -0.25) is 6.08 Å². The monoisotopic (exact) mass is 582 g/mol. The van der Waals surface area contributed by atoms with Gasteiger partial charge in [0.05, 0.1) is 0 Å². The first-order chi connectivity index (χ1) is 17.6. The van der Waals surface area contributed by atoms with Gasteiger partial charge in [0.2, 0.25) is 0 Å². The van der Waals surface area contributed by atoms with Crippen molar-refractivity contribution in [3.05, 3.63) is 131 Å². The molecule has 0 unspecified atom stereocenters. The van der Waals surface area contributed by atoms with E-state index in [2.05, 4.69) is 136 Å². The Kier molecular flexibility index (Phi) is 14.8. The molecule has 0 spiro atoms. The van der Waals surface area contributed by atoms with Crippen LogP contribution in [0.2, 0.25) is 0 Å². The molecule has 4 aromatic rings. The van der Waals surface area contributed by atoms with E-state index in [1.54, 1.807) is 0 Å². The topological polar surface area (TPSA) is 0 Å². The van der Waals surface area contributed by atoms with Crippen molar-refractivity contribution in [3.63, 3.8) is 0 Å². The van der Waals surface area contributed by atoms with E-state index >= 15 is 0 Å². The van der Waals surface area contributed by atoms with Crippen LogP contribution < -0.4 is 5.30 Å². The molecule has 4 aromatic carbocycles. The maximum absolute atomic E-state index is 3.30. The van der Waals surface area contributed by atoms with Crippen molar-refractivity contribution in [1.82, 2.24) is 0 Å². The smallest absolute Gasteiger partial charge is 0.269 e. The molecule has 0 saturated carbocycles. The molecule has 0 amide bonds. The van der Waals surface area contributed by atoms with Crippen LogP contribution in [0.15, 0.2) is 114 Å². The van der Waals surface area contributed by atoms with Gasteiger partial charge in [0.15, 0.2) is 0 Å². The molecule has 0 aromatic heterocycles. The van der Waals surface area contributed by atoms with Crippen molar-refractivity contribution in [1.29, 1.82) is 0 Å². The summed E-state index contributed by atoms with van der Waals surface area (Å²) in [5.74, 6) is 0. The van der Waals surface area contributed by atoms with Crippen molar-refractivity contribution < 1.29 is 26.2 Å². The summed E-state index contributed by atoms with van der Waals surface area (Å²) in [6.07, 6.45) is 12.8. The summed E-state index contributed by atoms with van der Waals surface area (Å²) in [5, 5.41) is 4.26. The van der Waals surface area contributed by atoms with Crippen LogP contribution in [0, 0.1) is 6.08 Å². The second-order valence-corrected chi connectivity index (χ2v) is 11.9. The Morgan fingerprint density at radius 3 is 1.84 bits per heavy atom. The van der Waals surface area contributed by atoms with Crippen LogP contribution in [0.3, 0.4) is 0 Å². The Labute approximate surface area is 246 Å². The van der Waals surface area contributed by atoms with E-state index in [1.807, 2.05) is 0 Å². The van der Waals surface area contributed by atoms with Crippen LogP contribution in [-0.2, 0) is 39.0 Å². The van der Waals surface area contributed by atoms with Gasteiger partial charge >= 0.3 is 26.2 Å². The SMILES string of the molecule is CCCCC1=CC[C-]=C1C.CP(C)c1cc2ccccc2[cH-]1.[Zr+2].c1ccc(CCc2ccccc2)cc1. The van der Waals surface area contributed by atoms with Crippen LogP contribution in [0.1, 0.15) is 50.7 Å². The van der Waals surface area contributed by atoms with Crippen molar-refractivity contribution in [2.75, 3.05) is 13.3 Å². The van der Waals surface area contributed by atoms with E-state index in [4.69, 9.17) is 0 Å². The first kappa shape index (κ1) is 31.3. The second kappa shape index (κ2) is 17.5. The number of rotatable bonds is 7. The summed E-state index contributed by atoms with van der Waals surface area (Å²) < 4.78 is 0. The summed E-state index contributed by atoms with van der Waals surface area (Å²) in [7, 11) is 0.0576. The average Bonchev–Trinajstić information content (AvgIpc) is 3.54. The average molecular weight is 584 g/mol. The third kappa shape index (κ3) is 11.1. The van der Waals surface area contributed by atoms with Crippen LogP contribution in [0.4, 0.5) is 0 Å². The van der Waals surface area contributed by atoms with Crippen molar-refractivity contribution in [3.8, 4) is 0 Å². The van der Waals surface area contributed by atoms with Gasteiger partial charge in [-0.15, -0.1) is 54.7 Å². The molecule has 2 heteroatoms. The Morgan fingerprint density at radius 2 is 1.35 bits per heavy atom.